The quantitative estimate of drug-likeness (QED) is 0.472. The molecule has 0 fully saturated rings. The summed E-state index contributed by atoms with van der Waals surface area (Å²) in [6.07, 6.45) is -1.93. The molecule has 0 saturated carbocycles. The van der Waals surface area contributed by atoms with Crippen molar-refractivity contribution in [3.8, 4) is 11.6 Å². The first-order valence-electron chi connectivity index (χ1n) is 6.30. The van der Waals surface area contributed by atoms with Crippen molar-refractivity contribution in [2.75, 3.05) is 0 Å². The zero-order chi connectivity index (χ0) is 16.6. The SMILES string of the molecule is Fc1ccc(Oc2nccc3ccnc(Cl)c23)cc1C(F)(F)F. The summed E-state index contributed by atoms with van der Waals surface area (Å²) in [6, 6.07) is 5.64. The van der Waals surface area contributed by atoms with Crippen LogP contribution in [0, 0.1) is 5.82 Å². The molecule has 1 aromatic carbocycles. The molecule has 3 nitrogen and oxygen atoms in total. The van der Waals surface area contributed by atoms with Crippen molar-refractivity contribution >= 4 is 22.4 Å². The third kappa shape index (κ3) is 3.05. The van der Waals surface area contributed by atoms with Gasteiger partial charge in [-0.05, 0) is 35.7 Å². The molecule has 118 valence electrons. The monoisotopic (exact) mass is 342 g/mol. The minimum atomic E-state index is -4.82. The minimum Gasteiger partial charge on any atom is -0.438 e. The Morgan fingerprint density at radius 1 is 1.00 bits per heavy atom. The van der Waals surface area contributed by atoms with E-state index < -0.39 is 17.6 Å². The average Bonchev–Trinajstić information content (AvgIpc) is 2.48. The lowest BCUT2D eigenvalue weighted by Crippen LogP contribution is -2.08. The molecular formula is C15H7ClF4N2O. The minimum absolute atomic E-state index is 0.0136. The molecule has 0 radical (unpaired) electrons. The van der Waals surface area contributed by atoms with Gasteiger partial charge in [-0.25, -0.2) is 14.4 Å². The zero-order valence-electron chi connectivity index (χ0n) is 11.2. The van der Waals surface area contributed by atoms with Crippen molar-refractivity contribution < 1.29 is 22.3 Å². The number of benzene rings is 1. The van der Waals surface area contributed by atoms with Gasteiger partial charge in [0.1, 0.15) is 16.7 Å². The van der Waals surface area contributed by atoms with E-state index in [4.69, 9.17) is 16.3 Å². The van der Waals surface area contributed by atoms with Gasteiger partial charge in [-0.2, -0.15) is 13.2 Å². The maximum Gasteiger partial charge on any atom is 0.419 e. The van der Waals surface area contributed by atoms with Crippen LogP contribution >= 0.6 is 11.6 Å². The first-order chi connectivity index (χ1) is 10.9. The van der Waals surface area contributed by atoms with Crippen LogP contribution in [-0.4, -0.2) is 9.97 Å². The van der Waals surface area contributed by atoms with E-state index in [1.54, 1.807) is 12.1 Å². The summed E-state index contributed by atoms with van der Waals surface area (Å²) in [5.41, 5.74) is -1.42. The lowest BCUT2D eigenvalue weighted by molar-refractivity contribution is -0.140. The Labute approximate surface area is 132 Å². The molecule has 0 aliphatic carbocycles. The Balaban J connectivity index is 2.07. The molecule has 0 N–H and O–H groups in total. The fourth-order valence-electron chi connectivity index (χ4n) is 2.02. The van der Waals surface area contributed by atoms with Crippen molar-refractivity contribution in [3.63, 3.8) is 0 Å². The van der Waals surface area contributed by atoms with E-state index in [-0.39, 0.29) is 16.8 Å². The van der Waals surface area contributed by atoms with Crippen LogP contribution in [0.1, 0.15) is 5.56 Å². The molecule has 2 aromatic heterocycles. The molecular weight excluding hydrogens is 336 g/mol. The summed E-state index contributed by atoms with van der Waals surface area (Å²) in [5, 5.41) is 1.12. The third-order valence-electron chi connectivity index (χ3n) is 3.05. The first-order valence-corrected chi connectivity index (χ1v) is 6.68. The summed E-state index contributed by atoms with van der Waals surface area (Å²) in [4.78, 5) is 7.84. The smallest absolute Gasteiger partial charge is 0.419 e. The molecule has 3 aromatic rings. The van der Waals surface area contributed by atoms with E-state index >= 15 is 0 Å². The summed E-state index contributed by atoms with van der Waals surface area (Å²) < 4.78 is 56.9. The lowest BCUT2D eigenvalue weighted by atomic mass is 10.2. The van der Waals surface area contributed by atoms with E-state index in [1.165, 1.54) is 12.4 Å². The molecule has 8 heteroatoms. The molecule has 0 bridgehead atoms. The predicted molar refractivity (Wildman–Crippen MR) is 76.0 cm³/mol. The number of hydrogen-bond acceptors (Lipinski definition) is 3. The van der Waals surface area contributed by atoms with Crippen LogP contribution < -0.4 is 4.74 Å². The Kier molecular flexibility index (Phi) is 3.81. The molecule has 0 aliphatic rings. The summed E-state index contributed by atoms with van der Waals surface area (Å²) >= 11 is 5.99. The number of alkyl halides is 3. The van der Waals surface area contributed by atoms with Crippen molar-refractivity contribution in [2.45, 2.75) is 6.18 Å². The number of nitrogens with zero attached hydrogens (tertiary/aromatic N) is 2. The molecule has 0 saturated heterocycles. The second-order valence-corrected chi connectivity index (χ2v) is 4.92. The summed E-state index contributed by atoms with van der Waals surface area (Å²) in [6.45, 7) is 0. The highest BCUT2D eigenvalue weighted by atomic mass is 35.5. The van der Waals surface area contributed by atoms with Crippen molar-refractivity contribution in [2.24, 2.45) is 0 Å². The van der Waals surface area contributed by atoms with Gasteiger partial charge in [0.05, 0.1) is 10.9 Å². The number of hydrogen-bond donors (Lipinski definition) is 0. The van der Waals surface area contributed by atoms with Crippen LogP contribution in [0.15, 0.2) is 42.7 Å². The van der Waals surface area contributed by atoms with Crippen LogP contribution in [0.4, 0.5) is 17.6 Å². The van der Waals surface area contributed by atoms with Crippen LogP contribution in [0.3, 0.4) is 0 Å². The standard InChI is InChI=1S/C15H7ClF4N2O/c16-13-12-8(3-5-21-13)4-6-22-14(12)23-9-1-2-11(17)10(7-9)15(18,19)20/h1-7H. The van der Waals surface area contributed by atoms with Gasteiger partial charge in [0.15, 0.2) is 0 Å². The van der Waals surface area contributed by atoms with Gasteiger partial charge in [-0.15, -0.1) is 0 Å². The molecule has 0 unspecified atom stereocenters. The van der Waals surface area contributed by atoms with Gasteiger partial charge in [-0.3, -0.25) is 0 Å². The second-order valence-electron chi connectivity index (χ2n) is 4.56. The number of halogens is 5. The van der Waals surface area contributed by atoms with Crippen LogP contribution in [0.25, 0.3) is 10.8 Å². The van der Waals surface area contributed by atoms with E-state index in [0.717, 1.165) is 6.07 Å². The fourth-order valence-corrected chi connectivity index (χ4v) is 2.27. The van der Waals surface area contributed by atoms with Gasteiger partial charge in [0, 0.05) is 12.4 Å². The van der Waals surface area contributed by atoms with Gasteiger partial charge >= 0.3 is 6.18 Å². The molecule has 2 heterocycles. The Morgan fingerprint density at radius 3 is 2.39 bits per heavy atom. The van der Waals surface area contributed by atoms with E-state index in [9.17, 15) is 17.6 Å². The predicted octanol–water partition coefficient (Wildman–Crippen LogP) is 5.23. The molecule has 0 atom stereocenters. The fraction of sp³-hybridized carbons (Fsp3) is 0.0667. The average molecular weight is 343 g/mol. The normalized spacial score (nSPS) is 11.7. The maximum absolute atomic E-state index is 13.3. The van der Waals surface area contributed by atoms with Crippen molar-refractivity contribution in [1.29, 1.82) is 0 Å². The summed E-state index contributed by atoms with van der Waals surface area (Å²) in [7, 11) is 0. The number of aromatic nitrogens is 2. The topological polar surface area (TPSA) is 35.0 Å². The molecule has 0 amide bonds. The van der Waals surface area contributed by atoms with Gasteiger partial charge in [0.2, 0.25) is 5.88 Å². The number of pyridine rings is 2. The highest BCUT2D eigenvalue weighted by Crippen LogP contribution is 2.36. The Morgan fingerprint density at radius 2 is 1.70 bits per heavy atom. The van der Waals surface area contributed by atoms with Crippen LogP contribution in [-0.2, 0) is 6.18 Å². The lowest BCUT2D eigenvalue weighted by Gasteiger charge is -2.12. The molecule has 23 heavy (non-hydrogen) atoms. The highest BCUT2D eigenvalue weighted by Gasteiger charge is 2.34. The Bertz CT molecular complexity index is 878. The third-order valence-corrected chi connectivity index (χ3v) is 3.34. The van der Waals surface area contributed by atoms with Gasteiger partial charge < -0.3 is 4.74 Å². The maximum atomic E-state index is 13.3. The highest BCUT2D eigenvalue weighted by molar-refractivity contribution is 6.34. The number of fused-ring (bicyclic) bond motifs is 1. The molecule has 3 rings (SSSR count). The van der Waals surface area contributed by atoms with Crippen molar-refractivity contribution in [1.82, 2.24) is 9.97 Å². The second kappa shape index (κ2) is 5.66. The van der Waals surface area contributed by atoms with Crippen molar-refractivity contribution in [3.05, 3.63) is 59.3 Å². The van der Waals surface area contributed by atoms with E-state index in [0.29, 0.717) is 22.9 Å². The van der Waals surface area contributed by atoms with Crippen LogP contribution in [0.2, 0.25) is 5.15 Å². The van der Waals surface area contributed by atoms with E-state index in [2.05, 4.69) is 9.97 Å². The van der Waals surface area contributed by atoms with Gasteiger partial charge in [-0.1, -0.05) is 11.6 Å². The first kappa shape index (κ1) is 15.5. The number of ether oxygens (including phenoxy) is 1. The number of rotatable bonds is 2. The molecule has 0 aliphatic heterocycles. The van der Waals surface area contributed by atoms with Crippen LogP contribution in [0.5, 0.6) is 11.6 Å². The zero-order valence-corrected chi connectivity index (χ0v) is 12.0. The summed E-state index contributed by atoms with van der Waals surface area (Å²) in [5.74, 6) is -1.60. The molecule has 0 spiro atoms. The largest absolute Gasteiger partial charge is 0.438 e. The van der Waals surface area contributed by atoms with Gasteiger partial charge in [0.25, 0.3) is 0 Å². The Hall–Kier alpha value is -2.41. The van der Waals surface area contributed by atoms with E-state index in [1.807, 2.05) is 0 Å².